The first-order valence-electron chi connectivity index (χ1n) is 5.32. The van der Waals surface area contributed by atoms with Gasteiger partial charge in [-0.3, -0.25) is 0 Å². The van der Waals surface area contributed by atoms with Crippen LogP contribution in [0.1, 0.15) is 12.5 Å². The van der Waals surface area contributed by atoms with Crippen molar-refractivity contribution in [1.82, 2.24) is 10.2 Å². The van der Waals surface area contributed by atoms with Gasteiger partial charge >= 0.3 is 0 Å². The molecule has 1 unspecified atom stereocenters. The van der Waals surface area contributed by atoms with Crippen molar-refractivity contribution in [2.24, 2.45) is 0 Å². The molecule has 0 aliphatic rings. The standard InChI is InChI=1S/C12H18F2N2/c1-9(16(2)3)7-15-8-10-5-4-6-11(13)12(10)14/h4-6,9,15H,7-8H2,1-3H3. The molecule has 0 fully saturated rings. The van der Waals surface area contributed by atoms with Gasteiger partial charge in [0.1, 0.15) is 0 Å². The zero-order valence-electron chi connectivity index (χ0n) is 9.93. The third kappa shape index (κ3) is 3.54. The summed E-state index contributed by atoms with van der Waals surface area (Å²) in [6.45, 7) is 3.15. The first-order valence-corrected chi connectivity index (χ1v) is 5.32. The molecule has 1 atom stereocenters. The molecule has 0 radical (unpaired) electrons. The van der Waals surface area contributed by atoms with E-state index in [-0.39, 0.29) is 0 Å². The summed E-state index contributed by atoms with van der Waals surface area (Å²) in [5, 5.41) is 3.10. The molecular weight excluding hydrogens is 210 g/mol. The molecule has 2 nitrogen and oxygen atoms in total. The Morgan fingerprint density at radius 2 is 2.00 bits per heavy atom. The summed E-state index contributed by atoms with van der Waals surface area (Å²) in [7, 11) is 3.96. The van der Waals surface area contributed by atoms with Crippen LogP contribution in [0.2, 0.25) is 0 Å². The number of nitrogens with zero attached hydrogens (tertiary/aromatic N) is 1. The van der Waals surface area contributed by atoms with Crippen LogP contribution in [0.25, 0.3) is 0 Å². The summed E-state index contributed by atoms with van der Waals surface area (Å²) >= 11 is 0. The van der Waals surface area contributed by atoms with Gasteiger partial charge in [-0.2, -0.15) is 0 Å². The fourth-order valence-corrected chi connectivity index (χ4v) is 1.28. The van der Waals surface area contributed by atoms with E-state index in [0.717, 1.165) is 12.6 Å². The van der Waals surface area contributed by atoms with Gasteiger partial charge in [-0.1, -0.05) is 12.1 Å². The predicted molar refractivity (Wildman–Crippen MR) is 61.2 cm³/mol. The Hall–Kier alpha value is -1.00. The van der Waals surface area contributed by atoms with Gasteiger partial charge < -0.3 is 10.2 Å². The van der Waals surface area contributed by atoms with Gasteiger partial charge in [0.25, 0.3) is 0 Å². The van der Waals surface area contributed by atoms with Crippen LogP contribution in [0.3, 0.4) is 0 Å². The SMILES string of the molecule is CC(CNCc1cccc(F)c1F)N(C)C. The molecule has 1 aromatic carbocycles. The number of hydrogen-bond acceptors (Lipinski definition) is 2. The summed E-state index contributed by atoms with van der Waals surface area (Å²) in [5.74, 6) is -1.55. The van der Waals surface area contributed by atoms with Crippen molar-refractivity contribution in [3.63, 3.8) is 0 Å². The van der Waals surface area contributed by atoms with Gasteiger partial charge in [0, 0.05) is 24.7 Å². The average Bonchev–Trinajstić information content (AvgIpc) is 2.24. The van der Waals surface area contributed by atoms with Crippen LogP contribution in [0.4, 0.5) is 8.78 Å². The van der Waals surface area contributed by atoms with Crippen molar-refractivity contribution < 1.29 is 8.78 Å². The molecule has 0 saturated heterocycles. The Morgan fingerprint density at radius 1 is 1.31 bits per heavy atom. The highest BCUT2D eigenvalue weighted by molar-refractivity contribution is 5.18. The molecule has 0 saturated carbocycles. The summed E-state index contributed by atoms with van der Waals surface area (Å²) in [6.07, 6.45) is 0. The van der Waals surface area contributed by atoms with Gasteiger partial charge in [0.2, 0.25) is 0 Å². The number of halogens is 2. The number of nitrogens with one attached hydrogen (secondary N) is 1. The topological polar surface area (TPSA) is 15.3 Å². The third-order valence-corrected chi connectivity index (χ3v) is 2.67. The predicted octanol–water partition coefficient (Wildman–Crippen LogP) is 2.00. The van der Waals surface area contributed by atoms with E-state index in [0.29, 0.717) is 18.2 Å². The van der Waals surface area contributed by atoms with Crippen molar-refractivity contribution in [2.75, 3.05) is 20.6 Å². The Labute approximate surface area is 95.3 Å². The molecule has 0 heterocycles. The summed E-state index contributed by atoms with van der Waals surface area (Å²) < 4.78 is 26.1. The zero-order chi connectivity index (χ0) is 12.1. The highest BCUT2D eigenvalue weighted by atomic mass is 19.2. The van der Waals surface area contributed by atoms with Gasteiger partial charge in [0.15, 0.2) is 11.6 Å². The fourth-order valence-electron chi connectivity index (χ4n) is 1.28. The van der Waals surface area contributed by atoms with Gasteiger partial charge in [0.05, 0.1) is 0 Å². The Bertz CT molecular complexity index is 340. The minimum Gasteiger partial charge on any atom is -0.311 e. The first kappa shape index (κ1) is 13.1. The van der Waals surface area contributed by atoms with E-state index >= 15 is 0 Å². The van der Waals surface area contributed by atoms with Crippen LogP contribution in [0, 0.1) is 11.6 Å². The number of likely N-dealkylation sites (N-methyl/N-ethyl adjacent to an activating group) is 1. The van der Waals surface area contributed by atoms with E-state index in [2.05, 4.69) is 17.1 Å². The number of rotatable bonds is 5. The molecule has 90 valence electrons. The van der Waals surface area contributed by atoms with Crippen LogP contribution in [-0.2, 0) is 6.54 Å². The van der Waals surface area contributed by atoms with Gasteiger partial charge in [-0.05, 0) is 27.1 Å². The first-order chi connectivity index (χ1) is 7.52. The molecule has 0 aromatic heterocycles. The normalized spacial score (nSPS) is 13.1. The Balaban J connectivity index is 2.46. The van der Waals surface area contributed by atoms with Crippen molar-refractivity contribution >= 4 is 0 Å². The molecule has 4 heteroatoms. The van der Waals surface area contributed by atoms with Crippen LogP contribution >= 0.6 is 0 Å². The number of hydrogen-bond donors (Lipinski definition) is 1. The molecule has 16 heavy (non-hydrogen) atoms. The van der Waals surface area contributed by atoms with E-state index in [4.69, 9.17) is 0 Å². The second-order valence-corrected chi connectivity index (χ2v) is 4.16. The molecule has 1 N–H and O–H groups in total. The smallest absolute Gasteiger partial charge is 0.163 e. The van der Waals surface area contributed by atoms with E-state index < -0.39 is 11.6 Å². The van der Waals surface area contributed by atoms with Crippen LogP contribution in [0.15, 0.2) is 18.2 Å². The van der Waals surface area contributed by atoms with Crippen molar-refractivity contribution in [2.45, 2.75) is 19.5 Å². The molecule has 0 aliphatic heterocycles. The molecular formula is C12H18F2N2. The maximum absolute atomic E-state index is 13.3. The lowest BCUT2D eigenvalue weighted by atomic mass is 10.2. The second-order valence-electron chi connectivity index (χ2n) is 4.16. The van der Waals surface area contributed by atoms with Gasteiger partial charge in [-0.15, -0.1) is 0 Å². The lowest BCUT2D eigenvalue weighted by molar-refractivity contribution is 0.302. The monoisotopic (exact) mass is 228 g/mol. The quantitative estimate of drug-likeness (QED) is 0.829. The molecule has 1 rings (SSSR count). The largest absolute Gasteiger partial charge is 0.311 e. The minimum atomic E-state index is -0.792. The second kappa shape index (κ2) is 5.92. The summed E-state index contributed by atoms with van der Waals surface area (Å²) in [5.41, 5.74) is 0.367. The van der Waals surface area contributed by atoms with Gasteiger partial charge in [-0.25, -0.2) is 8.78 Å². The highest BCUT2D eigenvalue weighted by Crippen LogP contribution is 2.10. The third-order valence-electron chi connectivity index (χ3n) is 2.67. The van der Waals surface area contributed by atoms with Crippen LogP contribution in [0.5, 0.6) is 0 Å². The van der Waals surface area contributed by atoms with E-state index in [1.165, 1.54) is 6.07 Å². The molecule has 0 spiro atoms. The Morgan fingerprint density at radius 3 is 2.62 bits per heavy atom. The lowest BCUT2D eigenvalue weighted by Gasteiger charge is -2.20. The minimum absolute atomic E-state index is 0.349. The lowest BCUT2D eigenvalue weighted by Crippen LogP contribution is -2.35. The van der Waals surface area contributed by atoms with E-state index in [1.54, 1.807) is 6.07 Å². The molecule has 0 amide bonds. The molecule has 1 aromatic rings. The molecule has 0 bridgehead atoms. The van der Waals surface area contributed by atoms with Crippen LogP contribution in [-0.4, -0.2) is 31.6 Å². The Kier molecular flexibility index (Phi) is 4.83. The summed E-state index contributed by atoms with van der Waals surface area (Å²) in [6, 6.07) is 4.59. The van der Waals surface area contributed by atoms with E-state index in [9.17, 15) is 8.78 Å². The average molecular weight is 228 g/mol. The highest BCUT2D eigenvalue weighted by Gasteiger charge is 2.08. The van der Waals surface area contributed by atoms with Crippen LogP contribution < -0.4 is 5.32 Å². The zero-order valence-corrected chi connectivity index (χ0v) is 9.93. The van der Waals surface area contributed by atoms with Crippen molar-refractivity contribution in [3.8, 4) is 0 Å². The fraction of sp³-hybridized carbons (Fsp3) is 0.500. The van der Waals surface area contributed by atoms with Crippen molar-refractivity contribution in [3.05, 3.63) is 35.4 Å². The maximum Gasteiger partial charge on any atom is 0.163 e. The maximum atomic E-state index is 13.3. The summed E-state index contributed by atoms with van der Waals surface area (Å²) in [4.78, 5) is 2.06. The molecule has 0 aliphatic carbocycles. The van der Waals surface area contributed by atoms with Crippen molar-refractivity contribution in [1.29, 1.82) is 0 Å². The van der Waals surface area contributed by atoms with E-state index in [1.807, 2.05) is 14.1 Å². The number of benzene rings is 1.